The Labute approximate surface area is 142 Å². The number of nitrogen functional groups attached to an aromatic ring is 1. The van der Waals surface area contributed by atoms with Gasteiger partial charge in [-0.25, -0.2) is 0 Å². The van der Waals surface area contributed by atoms with Gasteiger partial charge < -0.3 is 19.9 Å². The van der Waals surface area contributed by atoms with Gasteiger partial charge in [0.2, 0.25) is 0 Å². The molecule has 2 aromatic carbocycles. The van der Waals surface area contributed by atoms with E-state index in [1.807, 2.05) is 0 Å². The van der Waals surface area contributed by atoms with Crippen molar-refractivity contribution in [3.63, 3.8) is 0 Å². The summed E-state index contributed by atoms with van der Waals surface area (Å²) in [5.74, 6) is 1.20. The molecule has 2 aliphatic heterocycles. The zero-order valence-electron chi connectivity index (χ0n) is 14.4. The van der Waals surface area contributed by atoms with Gasteiger partial charge in [-0.05, 0) is 49.1 Å². The Hall–Kier alpha value is -2.04. The van der Waals surface area contributed by atoms with Gasteiger partial charge in [0.05, 0.1) is 19.8 Å². The Balaban J connectivity index is 1.77. The first-order valence-corrected chi connectivity index (χ1v) is 8.43. The Bertz CT molecular complexity index is 794. The van der Waals surface area contributed by atoms with Crippen molar-refractivity contribution in [3.05, 3.63) is 57.6 Å². The van der Waals surface area contributed by atoms with Gasteiger partial charge in [-0.1, -0.05) is 18.2 Å². The van der Waals surface area contributed by atoms with Crippen LogP contribution < -0.4 is 10.5 Å². The molecule has 2 aliphatic rings. The Morgan fingerprint density at radius 1 is 0.958 bits per heavy atom. The molecule has 2 aromatic rings. The van der Waals surface area contributed by atoms with E-state index in [1.165, 1.54) is 11.1 Å². The first kappa shape index (κ1) is 15.5. The average Bonchev–Trinajstić information content (AvgIpc) is 3.27. The lowest BCUT2D eigenvalue weighted by Crippen LogP contribution is -2.07. The highest BCUT2D eigenvalue weighted by atomic mass is 16.7. The molecular weight excluding hydrogens is 302 g/mol. The largest absolute Gasteiger partial charge is 0.492 e. The van der Waals surface area contributed by atoms with Crippen LogP contribution in [0, 0.1) is 20.8 Å². The first-order chi connectivity index (χ1) is 11.6. The van der Waals surface area contributed by atoms with E-state index in [-0.39, 0.29) is 12.2 Å². The van der Waals surface area contributed by atoms with Crippen molar-refractivity contribution in [1.82, 2.24) is 0 Å². The van der Waals surface area contributed by atoms with Gasteiger partial charge in [-0.3, -0.25) is 0 Å². The molecule has 1 fully saturated rings. The lowest BCUT2D eigenvalue weighted by molar-refractivity contribution is -0.0441. The summed E-state index contributed by atoms with van der Waals surface area (Å²) in [4.78, 5) is 0. The zero-order valence-corrected chi connectivity index (χ0v) is 14.4. The van der Waals surface area contributed by atoms with Crippen molar-refractivity contribution < 1.29 is 14.2 Å². The summed E-state index contributed by atoms with van der Waals surface area (Å²) >= 11 is 0. The van der Waals surface area contributed by atoms with Crippen molar-refractivity contribution in [2.24, 2.45) is 0 Å². The van der Waals surface area contributed by atoms with Gasteiger partial charge in [0.25, 0.3) is 0 Å². The standard InChI is InChI=1S/C20H23NO3/c1-11-12(2)19-17(13(3)18(11)21)16(10-24-19)14-5-4-6-15(9-14)20-22-7-8-23-20/h4-6,9,16,20H,7-8,10,21H2,1-3H3. The van der Waals surface area contributed by atoms with E-state index >= 15 is 0 Å². The lowest BCUT2D eigenvalue weighted by atomic mass is 9.86. The van der Waals surface area contributed by atoms with E-state index in [0.717, 1.165) is 33.7 Å². The molecule has 0 spiro atoms. The Kier molecular flexibility index (Phi) is 3.74. The number of nitrogens with two attached hydrogens (primary N) is 1. The number of benzene rings is 2. The van der Waals surface area contributed by atoms with E-state index in [2.05, 4.69) is 45.0 Å². The third-order valence-corrected chi connectivity index (χ3v) is 5.31. The van der Waals surface area contributed by atoms with E-state index < -0.39 is 0 Å². The van der Waals surface area contributed by atoms with Crippen molar-refractivity contribution in [2.45, 2.75) is 33.0 Å². The molecule has 0 amide bonds. The highest BCUT2D eigenvalue weighted by Crippen LogP contribution is 2.46. The Morgan fingerprint density at radius 3 is 2.42 bits per heavy atom. The van der Waals surface area contributed by atoms with Crippen molar-refractivity contribution in [1.29, 1.82) is 0 Å². The molecule has 1 saturated heterocycles. The number of fused-ring (bicyclic) bond motifs is 1. The minimum absolute atomic E-state index is 0.197. The van der Waals surface area contributed by atoms with Gasteiger partial charge in [0.1, 0.15) is 5.75 Å². The van der Waals surface area contributed by atoms with Crippen LogP contribution in [-0.4, -0.2) is 19.8 Å². The zero-order chi connectivity index (χ0) is 16.8. The molecule has 0 aliphatic carbocycles. The van der Waals surface area contributed by atoms with E-state index in [1.54, 1.807) is 0 Å². The van der Waals surface area contributed by atoms with Crippen molar-refractivity contribution in [3.8, 4) is 5.75 Å². The van der Waals surface area contributed by atoms with Gasteiger partial charge >= 0.3 is 0 Å². The van der Waals surface area contributed by atoms with Crippen LogP contribution in [0.5, 0.6) is 5.75 Å². The molecule has 0 radical (unpaired) electrons. The average molecular weight is 325 g/mol. The summed E-state index contributed by atoms with van der Waals surface area (Å²) in [5, 5.41) is 0. The molecular formula is C20H23NO3. The van der Waals surface area contributed by atoms with Crippen LogP contribution in [0.1, 0.15) is 45.6 Å². The smallest absolute Gasteiger partial charge is 0.184 e. The second-order valence-electron chi connectivity index (χ2n) is 6.64. The SMILES string of the molecule is Cc1c(C)c2c(c(C)c1N)C(c1cccc(C3OCCO3)c1)CO2. The van der Waals surface area contributed by atoms with Crippen LogP contribution in [0.3, 0.4) is 0 Å². The fourth-order valence-corrected chi connectivity index (χ4v) is 3.76. The van der Waals surface area contributed by atoms with Crippen molar-refractivity contribution >= 4 is 5.69 Å². The summed E-state index contributed by atoms with van der Waals surface area (Å²) in [6.45, 7) is 8.19. The monoisotopic (exact) mass is 325 g/mol. The number of rotatable bonds is 2. The number of hydrogen-bond acceptors (Lipinski definition) is 4. The maximum Gasteiger partial charge on any atom is 0.184 e. The fraction of sp³-hybridized carbons (Fsp3) is 0.400. The maximum absolute atomic E-state index is 6.33. The third kappa shape index (κ3) is 2.29. The van der Waals surface area contributed by atoms with Crippen LogP contribution in [0.2, 0.25) is 0 Å². The second kappa shape index (κ2) is 5.80. The molecule has 1 unspecified atom stereocenters. The summed E-state index contributed by atoms with van der Waals surface area (Å²) in [6.07, 6.45) is -0.252. The highest BCUT2D eigenvalue weighted by Gasteiger charge is 2.31. The molecule has 0 aromatic heterocycles. The molecule has 4 nitrogen and oxygen atoms in total. The predicted octanol–water partition coefficient (Wildman–Crippen LogP) is 3.76. The third-order valence-electron chi connectivity index (χ3n) is 5.31. The first-order valence-electron chi connectivity index (χ1n) is 8.43. The van der Waals surface area contributed by atoms with Crippen molar-refractivity contribution in [2.75, 3.05) is 25.6 Å². The molecule has 2 N–H and O–H groups in total. The molecule has 4 heteroatoms. The Morgan fingerprint density at radius 2 is 1.67 bits per heavy atom. The maximum atomic E-state index is 6.33. The van der Waals surface area contributed by atoms with Gasteiger partial charge in [0.15, 0.2) is 6.29 Å². The van der Waals surface area contributed by atoms with Crippen LogP contribution >= 0.6 is 0 Å². The number of ether oxygens (including phenoxy) is 3. The second-order valence-corrected chi connectivity index (χ2v) is 6.64. The quantitative estimate of drug-likeness (QED) is 0.854. The van der Waals surface area contributed by atoms with E-state index in [4.69, 9.17) is 19.9 Å². The molecule has 126 valence electrons. The summed E-state index contributed by atoms with van der Waals surface area (Å²) in [7, 11) is 0. The van der Waals surface area contributed by atoms with Gasteiger partial charge in [-0.2, -0.15) is 0 Å². The molecule has 0 saturated carbocycles. The number of hydrogen-bond donors (Lipinski definition) is 1. The molecule has 24 heavy (non-hydrogen) atoms. The number of anilines is 1. The van der Waals surface area contributed by atoms with Crippen LogP contribution in [0.4, 0.5) is 5.69 Å². The summed E-state index contributed by atoms with van der Waals surface area (Å²) in [6, 6.07) is 8.43. The molecule has 0 bridgehead atoms. The van der Waals surface area contributed by atoms with Crippen LogP contribution in [-0.2, 0) is 9.47 Å². The normalized spacial score (nSPS) is 20.2. The van der Waals surface area contributed by atoms with Gasteiger partial charge in [0, 0.05) is 22.7 Å². The van der Waals surface area contributed by atoms with Crippen LogP contribution in [0.25, 0.3) is 0 Å². The summed E-state index contributed by atoms with van der Waals surface area (Å²) < 4.78 is 17.3. The molecule has 1 atom stereocenters. The van der Waals surface area contributed by atoms with Gasteiger partial charge in [-0.15, -0.1) is 0 Å². The molecule has 2 heterocycles. The summed E-state index contributed by atoms with van der Waals surface area (Å²) in [5.41, 5.74) is 14.1. The highest BCUT2D eigenvalue weighted by molar-refractivity contribution is 5.68. The predicted molar refractivity (Wildman–Crippen MR) is 93.5 cm³/mol. The topological polar surface area (TPSA) is 53.7 Å². The minimum atomic E-state index is -0.252. The van der Waals surface area contributed by atoms with Crippen LogP contribution in [0.15, 0.2) is 24.3 Å². The fourth-order valence-electron chi connectivity index (χ4n) is 3.76. The van der Waals surface area contributed by atoms with E-state index in [9.17, 15) is 0 Å². The van der Waals surface area contributed by atoms with E-state index in [0.29, 0.717) is 19.8 Å². The molecule has 4 rings (SSSR count). The lowest BCUT2D eigenvalue weighted by Gasteiger charge is -2.18. The minimum Gasteiger partial charge on any atom is -0.492 e.